The Morgan fingerprint density at radius 3 is 2.52 bits per heavy atom. The minimum absolute atomic E-state index is 0.0104. The van der Waals surface area contributed by atoms with Crippen molar-refractivity contribution in [3.05, 3.63) is 52.8 Å². The first-order chi connectivity index (χ1) is 9.77. The SMILES string of the molecule is Cc1ccc(O)c(CNc2ccc(C)c(C(F)(F)F)c2)n1. The number of aromatic nitrogens is 1. The predicted molar refractivity (Wildman–Crippen MR) is 74.1 cm³/mol. The number of aryl methyl sites for hydroxylation is 2. The van der Waals surface area contributed by atoms with Crippen molar-refractivity contribution in [3.63, 3.8) is 0 Å². The van der Waals surface area contributed by atoms with Crippen molar-refractivity contribution in [2.45, 2.75) is 26.6 Å². The average molecular weight is 296 g/mol. The summed E-state index contributed by atoms with van der Waals surface area (Å²) in [5.41, 5.74) is 0.947. The summed E-state index contributed by atoms with van der Waals surface area (Å²) in [6.45, 7) is 3.34. The highest BCUT2D eigenvalue weighted by molar-refractivity contribution is 5.50. The smallest absolute Gasteiger partial charge is 0.416 e. The average Bonchev–Trinajstić information content (AvgIpc) is 2.40. The second-order valence-electron chi connectivity index (χ2n) is 4.80. The van der Waals surface area contributed by atoms with E-state index in [0.29, 0.717) is 11.4 Å². The summed E-state index contributed by atoms with van der Waals surface area (Å²) >= 11 is 0. The number of nitrogens with one attached hydrogen (secondary N) is 1. The van der Waals surface area contributed by atoms with Crippen molar-refractivity contribution in [2.24, 2.45) is 0 Å². The maximum absolute atomic E-state index is 12.8. The summed E-state index contributed by atoms with van der Waals surface area (Å²) in [5, 5.41) is 12.5. The van der Waals surface area contributed by atoms with E-state index in [1.165, 1.54) is 19.1 Å². The van der Waals surface area contributed by atoms with Gasteiger partial charge in [-0.05, 0) is 43.7 Å². The number of rotatable bonds is 3. The number of hydrogen-bond acceptors (Lipinski definition) is 3. The maximum atomic E-state index is 12.8. The van der Waals surface area contributed by atoms with Gasteiger partial charge in [-0.15, -0.1) is 0 Å². The number of alkyl halides is 3. The zero-order valence-electron chi connectivity index (χ0n) is 11.6. The molecule has 1 aromatic carbocycles. The second-order valence-corrected chi connectivity index (χ2v) is 4.80. The molecule has 3 nitrogen and oxygen atoms in total. The van der Waals surface area contributed by atoms with Crippen molar-refractivity contribution in [2.75, 3.05) is 5.32 Å². The first-order valence-corrected chi connectivity index (χ1v) is 6.34. The van der Waals surface area contributed by atoms with Gasteiger partial charge < -0.3 is 10.4 Å². The van der Waals surface area contributed by atoms with Gasteiger partial charge in [0.25, 0.3) is 0 Å². The van der Waals surface area contributed by atoms with E-state index in [2.05, 4.69) is 10.3 Å². The fraction of sp³-hybridized carbons (Fsp3) is 0.267. The highest BCUT2D eigenvalue weighted by Gasteiger charge is 2.32. The highest BCUT2D eigenvalue weighted by Crippen LogP contribution is 2.33. The minimum Gasteiger partial charge on any atom is -0.506 e. The summed E-state index contributed by atoms with van der Waals surface area (Å²) < 4.78 is 38.5. The van der Waals surface area contributed by atoms with Crippen LogP contribution < -0.4 is 5.32 Å². The first-order valence-electron chi connectivity index (χ1n) is 6.34. The van der Waals surface area contributed by atoms with Crippen molar-refractivity contribution in [1.82, 2.24) is 4.98 Å². The van der Waals surface area contributed by atoms with Crippen LogP contribution in [-0.2, 0) is 12.7 Å². The van der Waals surface area contributed by atoms with Crippen LogP contribution in [0.4, 0.5) is 18.9 Å². The van der Waals surface area contributed by atoms with Gasteiger partial charge in [-0.2, -0.15) is 13.2 Å². The van der Waals surface area contributed by atoms with Crippen LogP contribution in [0.25, 0.3) is 0 Å². The van der Waals surface area contributed by atoms with Crippen LogP contribution in [0.15, 0.2) is 30.3 Å². The van der Waals surface area contributed by atoms with Crippen LogP contribution in [0.1, 0.15) is 22.5 Å². The number of aromatic hydroxyl groups is 1. The molecule has 2 aromatic rings. The largest absolute Gasteiger partial charge is 0.506 e. The molecule has 0 aliphatic heterocycles. The lowest BCUT2D eigenvalue weighted by Crippen LogP contribution is -2.09. The lowest BCUT2D eigenvalue weighted by Gasteiger charge is -2.13. The summed E-state index contributed by atoms with van der Waals surface area (Å²) in [5.74, 6) is 0.0104. The van der Waals surface area contributed by atoms with Crippen molar-refractivity contribution < 1.29 is 18.3 Å². The molecule has 2 rings (SSSR count). The van der Waals surface area contributed by atoms with E-state index in [4.69, 9.17) is 0 Å². The van der Waals surface area contributed by atoms with E-state index >= 15 is 0 Å². The molecular weight excluding hydrogens is 281 g/mol. The van der Waals surface area contributed by atoms with Gasteiger partial charge in [-0.25, -0.2) is 0 Å². The number of nitrogens with zero attached hydrogens (tertiary/aromatic N) is 1. The fourth-order valence-corrected chi connectivity index (χ4v) is 1.96. The van der Waals surface area contributed by atoms with Gasteiger partial charge in [0.15, 0.2) is 0 Å². The van der Waals surface area contributed by atoms with Crippen LogP contribution in [-0.4, -0.2) is 10.1 Å². The van der Waals surface area contributed by atoms with Gasteiger partial charge in [-0.1, -0.05) is 6.07 Å². The molecule has 0 aliphatic carbocycles. The molecular formula is C15H15F3N2O. The molecule has 1 aromatic heterocycles. The van der Waals surface area contributed by atoms with E-state index in [1.807, 2.05) is 0 Å². The van der Waals surface area contributed by atoms with Crippen LogP contribution in [0.2, 0.25) is 0 Å². The van der Waals surface area contributed by atoms with Gasteiger partial charge in [0.2, 0.25) is 0 Å². The van der Waals surface area contributed by atoms with E-state index in [-0.39, 0.29) is 17.9 Å². The lowest BCUT2D eigenvalue weighted by atomic mass is 10.1. The molecule has 0 radical (unpaired) electrons. The molecule has 0 bridgehead atoms. The third kappa shape index (κ3) is 3.65. The molecule has 0 saturated carbocycles. The van der Waals surface area contributed by atoms with Crippen LogP contribution in [0.3, 0.4) is 0 Å². The first kappa shape index (κ1) is 15.2. The monoisotopic (exact) mass is 296 g/mol. The summed E-state index contributed by atoms with van der Waals surface area (Å²) in [7, 11) is 0. The zero-order valence-corrected chi connectivity index (χ0v) is 11.6. The molecule has 1 heterocycles. The summed E-state index contributed by atoms with van der Waals surface area (Å²) in [6, 6.07) is 7.20. The van der Waals surface area contributed by atoms with Gasteiger partial charge in [0.1, 0.15) is 11.4 Å². The summed E-state index contributed by atoms with van der Waals surface area (Å²) in [6.07, 6.45) is -4.38. The molecule has 0 spiro atoms. The Balaban J connectivity index is 2.19. The molecule has 21 heavy (non-hydrogen) atoms. The third-order valence-corrected chi connectivity index (χ3v) is 3.09. The molecule has 6 heteroatoms. The quantitative estimate of drug-likeness (QED) is 0.898. The number of anilines is 1. The second kappa shape index (κ2) is 5.63. The Morgan fingerprint density at radius 1 is 1.14 bits per heavy atom. The topological polar surface area (TPSA) is 45.1 Å². The van der Waals surface area contributed by atoms with Crippen LogP contribution in [0, 0.1) is 13.8 Å². The van der Waals surface area contributed by atoms with E-state index in [9.17, 15) is 18.3 Å². The molecule has 2 N–H and O–H groups in total. The molecule has 0 atom stereocenters. The third-order valence-electron chi connectivity index (χ3n) is 3.09. The van der Waals surface area contributed by atoms with Crippen molar-refractivity contribution >= 4 is 5.69 Å². The fourth-order valence-electron chi connectivity index (χ4n) is 1.96. The normalized spacial score (nSPS) is 11.5. The molecule has 112 valence electrons. The Kier molecular flexibility index (Phi) is 4.06. The molecule has 0 aliphatic rings. The predicted octanol–water partition coefficient (Wildman–Crippen LogP) is 4.03. The van der Waals surface area contributed by atoms with E-state index < -0.39 is 11.7 Å². The number of hydrogen-bond donors (Lipinski definition) is 2. The Bertz CT molecular complexity index is 654. The number of benzene rings is 1. The molecule has 0 unspecified atom stereocenters. The Hall–Kier alpha value is -2.24. The van der Waals surface area contributed by atoms with E-state index in [1.54, 1.807) is 19.1 Å². The van der Waals surface area contributed by atoms with Crippen molar-refractivity contribution in [1.29, 1.82) is 0 Å². The minimum atomic E-state index is -4.38. The van der Waals surface area contributed by atoms with Crippen molar-refractivity contribution in [3.8, 4) is 5.75 Å². The zero-order chi connectivity index (χ0) is 15.6. The van der Waals surface area contributed by atoms with Gasteiger partial charge in [0, 0.05) is 11.4 Å². The van der Waals surface area contributed by atoms with Gasteiger partial charge in [0.05, 0.1) is 12.1 Å². The maximum Gasteiger partial charge on any atom is 0.416 e. The van der Waals surface area contributed by atoms with Crippen LogP contribution >= 0.6 is 0 Å². The van der Waals surface area contributed by atoms with E-state index in [0.717, 1.165) is 11.8 Å². The lowest BCUT2D eigenvalue weighted by molar-refractivity contribution is -0.138. The van der Waals surface area contributed by atoms with Gasteiger partial charge in [-0.3, -0.25) is 4.98 Å². The van der Waals surface area contributed by atoms with Crippen LogP contribution in [0.5, 0.6) is 5.75 Å². The summed E-state index contributed by atoms with van der Waals surface area (Å²) in [4.78, 5) is 4.14. The number of pyridine rings is 1. The Morgan fingerprint density at radius 2 is 1.86 bits per heavy atom. The molecule has 0 fully saturated rings. The Labute approximate surface area is 120 Å². The van der Waals surface area contributed by atoms with Gasteiger partial charge >= 0.3 is 6.18 Å². The standard InChI is InChI=1S/C15H15F3N2O/c1-9-3-5-11(7-12(9)15(16,17)18)19-8-13-14(21)6-4-10(2)20-13/h3-7,19,21H,8H2,1-2H3. The molecule has 0 amide bonds. The number of halogens is 3. The molecule has 0 saturated heterocycles. The highest BCUT2D eigenvalue weighted by atomic mass is 19.4.